The fraction of sp³-hybridized carbons (Fsp3) is 0.357. The summed E-state index contributed by atoms with van der Waals surface area (Å²) in [6, 6.07) is 5.68. The number of carbonyl (C=O) groups is 1. The minimum Gasteiger partial charge on any atom is -0.328 e. The minimum absolute atomic E-state index is 0. The molecule has 1 atom stereocenters. The smallest absolute Gasteiger partial charge is 0.272 e. The topological polar surface area (TPSA) is 63.1 Å². The van der Waals surface area contributed by atoms with Crippen LogP contribution in [-0.2, 0) is 7.05 Å². The fourth-order valence-corrected chi connectivity index (χ4v) is 2.55. The molecule has 1 unspecified atom stereocenters. The van der Waals surface area contributed by atoms with Gasteiger partial charge in [0.05, 0.1) is 6.04 Å². The third kappa shape index (κ3) is 3.06. The molecule has 21 heavy (non-hydrogen) atoms. The van der Waals surface area contributed by atoms with Gasteiger partial charge in [-0.05, 0) is 17.7 Å². The Morgan fingerprint density at radius 2 is 2.24 bits per heavy atom. The van der Waals surface area contributed by atoms with E-state index >= 15 is 0 Å². The van der Waals surface area contributed by atoms with Crippen molar-refractivity contribution in [1.29, 1.82) is 0 Å². The van der Waals surface area contributed by atoms with Gasteiger partial charge in [0.25, 0.3) is 5.91 Å². The van der Waals surface area contributed by atoms with Gasteiger partial charge in [-0.15, -0.1) is 12.4 Å². The predicted octanol–water partition coefficient (Wildman–Crippen LogP) is 1.02. The second-order valence-corrected chi connectivity index (χ2v) is 4.84. The van der Waals surface area contributed by atoms with Crippen LogP contribution in [0.25, 0.3) is 0 Å². The summed E-state index contributed by atoms with van der Waals surface area (Å²) < 4.78 is 1.62. The molecule has 1 aliphatic heterocycles. The van der Waals surface area contributed by atoms with Gasteiger partial charge in [0.15, 0.2) is 0 Å². The van der Waals surface area contributed by atoms with Crippen LogP contribution in [-0.4, -0.2) is 45.2 Å². The molecule has 0 spiro atoms. The molecule has 1 aliphatic rings. The normalized spacial score (nSPS) is 18.1. The van der Waals surface area contributed by atoms with Crippen LogP contribution >= 0.6 is 12.4 Å². The number of hydrogen-bond donors (Lipinski definition) is 1. The Kier molecular flexibility index (Phi) is 4.93. The van der Waals surface area contributed by atoms with Crippen molar-refractivity contribution in [2.24, 2.45) is 7.05 Å². The van der Waals surface area contributed by atoms with Gasteiger partial charge in [-0.2, -0.15) is 5.10 Å². The number of amides is 1. The summed E-state index contributed by atoms with van der Waals surface area (Å²) in [5, 5.41) is 7.41. The Bertz CT molecular complexity index is 600. The van der Waals surface area contributed by atoms with Gasteiger partial charge < -0.3 is 10.2 Å². The maximum atomic E-state index is 12.7. The highest BCUT2D eigenvalue weighted by Crippen LogP contribution is 2.23. The summed E-state index contributed by atoms with van der Waals surface area (Å²) in [5.41, 5.74) is 1.66. The SMILES string of the molecule is Cl.Cn1nccc1C(=O)N1CCNCC1c1cccnc1. The van der Waals surface area contributed by atoms with Gasteiger partial charge in [0.1, 0.15) is 5.69 Å². The molecule has 0 radical (unpaired) electrons. The molecule has 1 fully saturated rings. The van der Waals surface area contributed by atoms with E-state index < -0.39 is 0 Å². The van der Waals surface area contributed by atoms with Gasteiger partial charge in [0.2, 0.25) is 0 Å². The Balaban J connectivity index is 0.00000161. The van der Waals surface area contributed by atoms with Crippen molar-refractivity contribution in [1.82, 2.24) is 25.0 Å². The molecule has 0 bridgehead atoms. The number of nitrogens with zero attached hydrogens (tertiary/aromatic N) is 4. The number of carbonyl (C=O) groups excluding carboxylic acids is 1. The lowest BCUT2D eigenvalue weighted by Gasteiger charge is -2.36. The first-order valence-electron chi connectivity index (χ1n) is 6.67. The van der Waals surface area contributed by atoms with Crippen molar-refractivity contribution in [3.05, 3.63) is 48.0 Å². The number of pyridine rings is 1. The molecule has 112 valence electrons. The summed E-state index contributed by atoms with van der Waals surface area (Å²) in [6.45, 7) is 2.24. The number of nitrogens with one attached hydrogen (secondary N) is 1. The molecule has 0 aromatic carbocycles. The van der Waals surface area contributed by atoms with Crippen molar-refractivity contribution in [3.63, 3.8) is 0 Å². The zero-order valence-corrected chi connectivity index (χ0v) is 12.6. The van der Waals surface area contributed by atoms with E-state index in [1.807, 2.05) is 23.2 Å². The van der Waals surface area contributed by atoms with Gasteiger partial charge in [-0.1, -0.05) is 6.07 Å². The first kappa shape index (κ1) is 15.5. The largest absolute Gasteiger partial charge is 0.328 e. The van der Waals surface area contributed by atoms with Crippen molar-refractivity contribution in [2.45, 2.75) is 6.04 Å². The summed E-state index contributed by atoms with van der Waals surface area (Å²) in [6.07, 6.45) is 5.21. The Labute approximate surface area is 129 Å². The molecule has 0 saturated carbocycles. The van der Waals surface area contributed by atoms with Crippen LogP contribution in [0.15, 0.2) is 36.8 Å². The third-order valence-corrected chi connectivity index (χ3v) is 3.61. The monoisotopic (exact) mass is 307 g/mol. The molecule has 2 aromatic heterocycles. The van der Waals surface area contributed by atoms with Crippen LogP contribution in [0, 0.1) is 0 Å². The van der Waals surface area contributed by atoms with E-state index in [-0.39, 0.29) is 24.4 Å². The number of piperazine rings is 1. The Morgan fingerprint density at radius 3 is 2.90 bits per heavy atom. The molecule has 0 aliphatic carbocycles. The van der Waals surface area contributed by atoms with Crippen LogP contribution in [0.4, 0.5) is 0 Å². The van der Waals surface area contributed by atoms with E-state index in [0.717, 1.165) is 18.7 Å². The summed E-state index contributed by atoms with van der Waals surface area (Å²) >= 11 is 0. The van der Waals surface area contributed by atoms with E-state index in [4.69, 9.17) is 0 Å². The lowest BCUT2D eigenvalue weighted by molar-refractivity contribution is 0.0622. The summed E-state index contributed by atoms with van der Waals surface area (Å²) in [7, 11) is 1.79. The maximum absolute atomic E-state index is 12.7. The Hall–Kier alpha value is -1.92. The van der Waals surface area contributed by atoms with E-state index in [1.54, 1.807) is 30.2 Å². The third-order valence-electron chi connectivity index (χ3n) is 3.61. The highest BCUT2D eigenvalue weighted by atomic mass is 35.5. The fourth-order valence-electron chi connectivity index (χ4n) is 2.55. The predicted molar refractivity (Wildman–Crippen MR) is 81.3 cm³/mol. The summed E-state index contributed by atoms with van der Waals surface area (Å²) in [4.78, 5) is 18.7. The average Bonchev–Trinajstić information content (AvgIpc) is 2.93. The zero-order valence-electron chi connectivity index (χ0n) is 11.8. The maximum Gasteiger partial charge on any atom is 0.272 e. The first-order valence-corrected chi connectivity index (χ1v) is 6.67. The molecule has 1 amide bonds. The standard InChI is InChI=1S/C14H17N5O.ClH/c1-18-12(4-6-17-18)14(20)19-8-7-16-10-13(19)11-3-2-5-15-9-11;/h2-6,9,13,16H,7-8,10H2,1H3;1H. The second-order valence-electron chi connectivity index (χ2n) is 4.84. The van der Waals surface area contributed by atoms with Crippen molar-refractivity contribution >= 4 is 18.3 Å². The van der Waals surface area contributed by atoms with E-state index in [9.17, 15) is 4.79 Å². The highest BCUT2D eigenvalue weighted by molar-refractivity contribution is 5.92. The number of hydrogen-bond acceptors (Lipinski definition) is 4. The molecule has 1 N–H and O–H groups in total. The molecule has 2 aromatic rings. The van der Waals surface area contributed by atoms with E-state index in [2.05, 4.69) is 15.4 Å². The molecule has 3 heterocycles. The van der Waals surface area contributed by atoms with Crippen LogP contribution in [0.3, 0.4) is 0 Å². The molecule has 3 rings (SSSR count). The molecular weight excluding hydrogens is 290 g/mol. The summed E-state index contributed by atoms with van der Waals surface area (Å²) in [5.74, 6) is 0.0142. The van der Waals surface area contributed by atoms with Gasteiger partial charge in [-0.3, -0.25) is 14.5 Å². The zero-order chi connectivity index (χ0) is 13.9. The van der Waals surface area contributed by atoms with Gasteiger partial charge in [0, 0.05) is 45.3 Å². The number of rotatable bonds is 2. The quantitative estimate of drug-likeness (QED) is 0.900. The first-order chi connectivity index (χ1) is 9.77. The molecule has 1 saturated heterocycles. The highest BCUT2D eigenvalue weighted by Gasteiger charge is 2.29. The van der Waals surface area contributed by atoms with E-state index in [0.29, 0.717) is 12.2 Å². The lowest BCUT2D eigenvalue weighted by Crippen LogP contribution is -2.49. The van der Waals surface area contributed by atoms with Crippen LogP contribution in [0.5, 0.6) is 0 Å². The minimum atomic E-state index is 0. The Morgan fingerprint density at radius 1 is 1.38 bits per heavy atom. The van der Waals surface area contributed by atoms with E-state index in [1.165, 1.54) is 0 Å². The van der Waals surface area contributed by atoms with Crippen molar-refractivity contribution in [3.8, 4) is 0 Å². The van der Waals surface area contributed by atoms with Crippen LogP contribution in [0.1, 0.15) is 22.1 Å². The lowest BCUT2D eigenvalue weighted by atomic mass is 10.0. The van der Waals surface area contributed by atoms with Crippen molar-refractivity contribution in [2.75, 3.05) is 19.6 Å². The van der Waals surface area contributed by atoms with Gasteiger partial charge >= 0.3 is 0 Å². The molecule has 7 heteroatoms. The average molecular weight is 308 g/mol. The number of aromatic nitrogens is 3. The van der Waals surface area contributed by atoms with Crippen LogP contribution in [0.2, 0.25) is 0 Å². The molecule has 6 nitrogen and oxygen atoms in total. The molecular formula is C14H18ClN5O. The van der Waals surface area contributed by atoms with Crippen LogP contribution < -0.4 is 5.32 Å². The van der Waals surface area contributed by atoms with Gasteiger partial charge in [-0.25, -0.2) is 0 Å². The second kappa shape index (κ2) is 6.69. The number of aryl methyl sites for hydroxylation is 1. The van der Waals surface area contributed by atoms with Crippen molar-refractivity contribution < 1.29 is 4.79 Å². The number of halogens is 1.